The number of rotatable bonds is 6. The summed E-state index contributed by atoms with van der Waals surface area (Å²) in [5, 5.41) is 17.6. The average molecular weight is 541 g/mol. The predicted molar refractivity (Wildman–Crippen MR) is 140 cm³/mol. The zero-order chi connectivity index (χ0) is 26.8. The number of carbonyl (C=O) groups is 2. The number of amides is 2. The number of fused-ring (bicyclic) bond motifs is 1. The summed E-state index contributed by atoms with van der Waals surface area (Å²) in [5.41, 5.74) is -0.549. The van der Waals surface area contributed by atoms with Crippen LogP contribution < -0.4 is 10.6 Å². The number of para-hydroxylation sites is 1. The van der Waals surface area contributed by atoms with Gasteiger partial charge in [0.1, 0.15) is 11.1 Å². The Balaban J connectivity index is 1.30. The van der Waals surface area contributed by atoms with Crippen molar-refractivity contribution < 1.29 is 27.5 Å². The monoisotopic (exact) mass is 540 g/mol. The van der Waals surface area contributed by atoms with E-state index >= 15 is 0 Å². The third-order valence-electron chi connectivity index (χ3n) is 7.48. The fourth-order valence-electron chi connectivity index (χ4n) is 5.37. The zero-order valence-corrected chi connectivity index (χ0v) is 21.8. The second-order valence-electron chi connectivity index (χ2n) is 10.1. The van der Waals surface area contributed by atoms with Gasteiger partial charge >= 0.3 is 0 Å². The number of nitrogens with one attached hydrogen (secondary N) is 2. The van der Waals surface area contributed by atoms with Crippen molar-refractivity contribution in [3.05, 3.63) is 60.5 Å². The van der Waals surface area contributed by atoms with Crippen LogP contribution in [0.3, 0.4) is 0 Å². The second kappa shape index (κ2) is 10.8. The number of nitrogens with zero attached hydrogens (tertiary/aromatic N) is 2. The lowest BCUT2D eigenvalue weighted by molar-refractivity contribution is -0.130. The Hall–Kier alpha value is -3.28. The molecule has 202 valence electrons. The highest BCUT2D eigenvalue weighted by atomic mass is 32.2. The number of aliphatic hydroxyl groups is 1. The van der Waals surface area contributed by atoms with Gasteiger partial charge in [0.15, 0.2) is 10.8 Å². The lowest BCUT2D eigenvalue weighted by atomic mass is 9.80. The van der Waals surface area contributed by atoms with Crippen LogP contribution in [0.15, 0.2) is 64.2 Å². The van der Waals surface area contributed by atoms with Crippen LogP contribution in [-0.4, -0.2) is 65.4 Å². The molecule has 5 rings (SSSR count). The summed E-state index contributed by atoms with van der Waals surface area (Å²) in [7, 11) is -3.88. The molecule has 2 amide bonds. The lowest BCUT2D eigenvalue weighted by Gasteiger charge is -2.38. The molecule has 0 radical (unpaired) electrons. The lowest BCUT2D eigenvalue weighted by Crippen LogP contribution is -2.62. The van der Waals surface area contributed by atoms with Crippen LogP contribution in [0.1, 0.15) is 55.5 Å². The molecule has 10 nitrogen and oxygen atoms in total. The van der Waals surface area contributed by atoms with E-state index in [0.717, 1.165) is 24.6 Å². The van der Waals surface area contributed by atoms with Crippen molar-refractivity contribution in [1.29, 1.82) is 0 Å². The standard InChI is InChI=1S/C27H32N4O6S/c32-21-18-31(38(35,36)24-12-4-7-15-28-24)16-8-10-20(21)29-26(34)27(13-5-1-6-14-27)30-25(33)23-17-19-9-2-3-11-22(19)37-23/h2-4,7,9,11-12,15,17,20-21,32H,1,5-6,8,10,13-14,16,18H2,(H,29,34)(H,30,33). The summed E-state index contributed by atoms with van der Waals surface area (Å²) in [5.74, 6) is -0.701. The largest absolute Gasteiger partial charge is 0.451 e. The van der Waals surface area contributed by atoms with Crippen LogP contribution in [0.5, 0.6) is 0 Å². The third-order valence-corrected chi connectivity index (χ3v) is 9.26. The van der Waals surface area contributed by atoms with Crippen LogP contribution in [0.4, 0.5) is 0 Å². The van der Waals surface area contributed by atoms with E-state index in [2.05, 4.69) is 15.6 Å². The number of aliphatic hydroxyl groups excluding tert-OH is 1. The molecule has 1 aliphatic heterocycles. The minimum Gasteiger partial charge on any atom is -0.451 e. The number of carbonyl (C=O) groups excluding carboxylic acids is 2. The number of furan rings is 1. The molecule has 2 fully saturated rings. The molecule has 0 bridgehead atoms. The first-order valence-electron chi connectivity index (χ1n) is 13.0. The Morgan fingerprint density at radius 3 is 2.55 bits per heavy atom. The van der Waals surface area contributed by atoms with Gasteiger partial charge in [-0.05, 0) is 49.9 Å². The Kier molecular flexibility index (Phi) is 7.51. The maximum Gasteiger partial charge on any atom is 0.287 e. The van der Waals surface area contributed by atoms with Gasteiger partial charge in [0.25, 0.3) is 15.9 Å². The van der Waals surface area contributed by atoms with Gasteiger partial charge in [0, 0.05) is 24.7 Å². The van der Waals surface area contributed by atoms with Crippen LogP contribution in [0.2, 0.25) is 0 Å². The second-order valence-corrected chi connectivity index (χ2v) is 12.0. The number of benzene rings is 1. The van der Waals surface area contributed by atoms with E-state index in [-0.39, 0.29) is 29.8 Å². The van der Waals surface area contributed by atoms with Crippen molar-refractivity contribution in [2.24, 2.45) is 0 Å². The van der Waals surface area contributed by atoms with E-state index in [9.17, 15) is 23.1 Å². The molecule has 1 aromatic carbocycles. The van der Waals surface area contributed by atoms with Gasteiger partial charge in [-0.3, -0.25) is 9.59 Å². The van der Waals surface area contributed by atoms with Crippen LogP contribution in [-0.2, 0) is 14.8 Å². The number of hydrogen-bond acceptors (Lipinski definition) is 7. The minimum absolute atomic E-state index is 0.0795. The van der Waals surface area contributed by atoms with Crippen molar-refractivity contribution >= 4 is 32.8 Å². The molecule has 3 heterocycles. The summed E-state index contributed by atoms with van der Waals surface area (Å²) in [6.45, 7) is 0.0401. The van der Waals surface area contributed by atoms with Crippen molar-refractivity contribution in [2.75, 3.05) is 13.1 Å². The van der Waals surface area contributed by atoms with Crippen molar-refractivity contribution in [2.45, 2.75) is 67.7 Å². The van der Waals surface area contributed by atoms with Crippen LogP contribution >= 0.6 is 0 Å². The fourth-order valence-corrected chi connectivity index (χ4v) is 6.80. The van der Waals surface area contributed by atoms with Gasteiger partial charge in [-0.2, -0.15) is 4.31 Å². The average Bonchev–Trinajstić information content (AvgIpc) is 3.28. The molecule has 1 saturated heterocycles. The first-order valence-corrected chi connectivity index (χ1v) is 14.4. The number of sulfonamides is 1. The highest BCUT2D eigenvalue weighted by Gasteiger charge is 2.43. The molecule has 2 unspecified atom stereocenters. The number of pyridine rings is 1. The summed E-state index contributed by atoms with van der Waals surface area (Å²) >= 11 is 0. The molecule has 1 aliphatic carbocycles. The van der Waals surface area contributed by atoms with E-state index in [1.54, 1.807) is 24.3 Å². The van der Waals surface area contributed by atoms with E-state index in [0.29, 0.717) is 31.3 Å². The summed E-state index contributed by atoms with van der Waals surface area (Å²) in [4.78, 5) is 30.8. The fraction of sp³-hybridized carbons (Fsp3) is 0.444. The van der Waals surface area contributed by atoms with Crippen LogP contribution in [0.25, 0.3) is 11.0 Å². The molecule has 2 aliphatic rings. The molecule has 1 saturated carbocycles. The molecule has 3 aromatic rings. The highest BCUT2D eigenvalue weighted by Crippen LogP contribution is 2.30. The van der Waals surface area contributed by atoms with Gasteiger partial charge in [0.2, 0.25) is 5.91 Å². The molecule has 0 spiro atoms. The molecule has 2 aromatic heterocycles. The molecule has 2 atom stereocenters. The van der Waals surface area contributed by atoms with E-state index in [1.807, 2.05) is 18.2 Å². The van der Waals surface area contributed by atoms with Gasteiger partial charge in [0.05, 0.1) is 12.1 Å². The van der Waals surface area contributed by atoms with Crippen LogP contribution in [0, 0.1) is 0 Å². The first-order chi connectivity index (χ1) is 18.3. The first kappa shape index (κ1) is 26.3. The van der Waals surface area contributed by atoms with Gasteiger partial charge < -0.3 is 20.2 Å². The zero-order valence-electron chi connectivity index (χ0n) is 21.0. The third kappa shape index (κ3) is 5.31. The van der Waals surface area contributed by atoms with Crippen molar-refractivity contribution in [3.63, 3.8) is 0 Å². The number of hydrogen-bond donors (Lipinski definition) is 3. The molecule has 3 N–H and O–H groups in total. The smallest absolute Gasteiger partial charge is 0.287 e. The Morgan fingerprint density at radius 2 is 1.82 bits per heavy atom. The summed E-state index contributed by atoms with van der Waals surface area (Å²) in [6, 6.07) is 13.0. The normalized spacial score (nSPS) is 22.4. The highest BCUT2D eigenvalue weighted by molar-refractivity contribution is 7.89. The maximum atomic E-state index is 13.7. The van der Waals surface area contributed by atoms with E-state index in [4.69, 9.17) is 4.42 Å². The minimum atomic E-state index is -3.88. The molecular weight excluding hydrogens is 508 g/mol. The predicted octanol–water partition coefficient (Wildman–Crippen LogP) is 2.59. The number of aromatic nitrogens is 1. The molecule has 11 heteroatoms. The number of β-amino-alcohol motifs (C(OH)–C–C–N with tert-alkyl or cyclic N) is 1. The Labute approximate surface area is 221 Å². The quantitative estimate of drug-likeness (QED) is 0.436. The van der Waals surface area contributed by atoms with Gasteiger partial charge in [-0.15, -0.1) is 0 Å². The van der Waals surface area contributed by atoms with Gasteiger partial charge in [-0.25, -0.2) is 13.4 Å². The summed E-state index contributed by atoms with van der Waals surface area (Å²) < 4.78 is 33.0. The molecular formula is C27H32N4O6S. The van der Waals surface area contributed by atoms with Crippen molar-refractivity contribution in [3.8, 4) is 0 Å². The summed E-state index contributed by atoms with van der Waals surface area (Å²) in [6.07, 6.45) is 4.58. The maximum absolute atomic E-state index is 13.7. The van der Waals surface area contributed by atoms with E-state index in [1.165, 1.54) is 16.6 Å². The van der Waals surface area contributed by atoms with Gasteiger partial charge in [-0.1, -0.05) is 43.5 Å². The van der Waals surface area contributed by atoms with Crippen molar-refractivity contribution in [1.82, 2.24) is 19.9 Å². The topological polar surface area (TPSA) is 142 Å². The Bertz CT molecular complexity index is 1370. The Morgan fingerprint density at radius 1 is 1.05 bits per heavy atom. The SMILES string of the molecule is O=C(NC1(C(=O)NC2CCCN(S(=O)(=O)c3ccccn3)CC2O)CCCCC1)c1cc2ccccc2o1. The molecule has 38 heavy (non-hydrogen) atoms. The van der Waals surface area contributed by atoms with E-state index < -0.39 is 33.6 Å².